The number of anilines is 1. The predicted octanol–water partition coefficient (Wildman–Crippen LogP) is 1.71. The second kappa shape index (κ2) is 7.89. The molecule has 0 aliphatic carbocycles. The van der Waals surface area contributed by atoms with Gasteiger partial charge in [-0.25, -0.2) is 18.1 Å². The first-order valence-corrected chi connectivity index (χ1v) is 8.76. The molecule has 0 spiro atoms. The second-order valence-electron chi connectivity index (χ2n) is 5.04. The fourth-order valence-electron chi connectivity index (χ4n) is 1.96. The number of rotatable bonds is 7. The van der Waals surface area contributed by atoms with Crippen molar-refractivity contribution < 1.29 is 17.9 Å². The number of carbonyl (C=O) groups excluding carboxylic acids is 1. The zero-order valence-corrected chi connectivity index (χ0v) is 14.3. The lowest BCUT2D eigenvalue weighted by Crippen LogP contribution is -2.28. The van der Waals surface area contributed by atoms with Gasteiger partial charge in [0.2, 0.25) is 15.9 Å². The smallest absolute Gasteiger partial charge is 0.240 e. The molecule has 1 amide bonds. The van der Waals surface area contributed by atoms with Crippen LogP contribution >= 0.6 is 0 Å². The number of amides is 1. The molecule has 1 heterocycles. The average molecular weight is 349 g/mol. The molecular formula is C16H19N3O4S. The van der Waals surface area contributed by atoms with E-state index in [0.29, 0.717) is 11.6 Å². The number of sulfonamides is 1. The van der Waals surface area contributed by atoms with Gasteiger partial charge in [0, 0.05) is 18.7 Å². The number of hydrogen-bond donors (Lipinski definition) is 2. The maximum atomic E-state index is 12.1. The van der Waals surface area contributed by atoms with Gasteiger partial charge in [-0.2, -0.15) is 0 Å². The first-order valence-electron chi connectivity index (χ1n) is 7.28. The van der Waals surface area contributed by atoms with E-state index in [1.807, 2.05) is 13.0 Å². The van der Waals surface area contributed by atoms with Crippen molar-refractivity contribution >= 4 is 21.7 Å². The van der Waals surface area contributed by atoms with Crippen LogP contribution in [0.15, 0.2) is 47.4 Å². The highest BCUT2D eigenvalue weighted by molar-refractivity contribution is 7.89. The molecule has 7 nitrogen and oxygen atoms in total. The van der Waals surface area contributed by atoms with Crippen LogP contribution in [0.3, 0.4) is 0 Å². The molecule has 0 aliphatic heterocycles. The number of nitrogens with zero attached hydrogens (tertiary/aromatic N) is 1. The van der Waals surface area contributed by atoms with Crippen LogP contribution in [-0.2, 0) is 14.8 Å². The van der Waals surface area contributed by atoms with Gasteiger partial charge >= 0.3 is 0 Å². The normalized spacial score (nSPS) is 11.1. The lowest BCUT2D eigenvalue weighted by Gasteiger charge is -2.08. The Labute approximate surface area is 141 Å². The summed E-state index contributed by atoms with van der Waals surface area (Å²) >= 11 is 0. The number of methoxy groups -OCH3 is 1. The predicted molar refractivity (Wildman–Crippen MR) is 90.4 cm³/mol. The van der Waals surface area contributed by atoms with E-state index < -0.39 is 10.0 Å². The molecule has 128 valence electrons. The molecule has 24 heavy (non-hydrogen) atoms. The SMILES string of the molecule is COc1ccc(S(=O)(=O)NCCC(=O)Nc2cccc(C)n2)cc1. The van der Waals surface area contributed by atoms with Crippen molar-refractivity contribution in [2.24, 2.45) is 0 Å². The summed E-state index contributed by atoms with van der Waals surface area (Å²) in [5.74, 6) is 0.697. The number of hydrogen-bond acceptors (Lipinski definition) is 5. The van der Waals surface area contributed by atoms with E-state index in [-0.39, 0.29) is 23.8 Å². The quantitative estimate of drug-likeness (QED) is 0.793. The van der Waals surface area contributed by atoms with Gasteiger partial charge in [0.1, 0.15) is 11.6 Å². The molecule has 0 unspecified atom stereocenters. The van der Waals surface area contributed by atoms with Gasteiger partial charge < -0.3 is 10.1 Å². The van der Waals surface area contributed by atoms with Crippen LogP contribution < -0.4 is 14.8 Å². The Morgan fingerprint density at radius 2 is 1.88 bits per heavy atom. The Morgan fingerprint density at radius 1 is 1.17 bits per heavy atom. The first kappa shape index (κ1) is 17.9. The molecule has 0 saturated heterocycles. The third-order valence-corrected chi connectivity index (χ3v) is 4.65. The molecule has 2 aromatic rings. The fraction of sp³-hybridized carbons (Fsp3) is 0.250. The van der Waals surface area contributed by atoms with Crippen LogP contribution in [0.4, 0.5) is 5.82 Å². The minimum Gasteiger partial charge on any atom is -0.497 e. The number of benzene rings is 1. The minimum atomic E-state index is -3.66. The van der Waals surface area contributed by atoms with Crippen molar-refractivity contribution in [2.75, 3.05) is 19.0 Å². The highest BCUT2D eigenvalue weighted by Crippen LogP contribution is 2.15. The Morgan fingerprint density at radius 3 is 2.50 bits per heavy atom. The molecule has 0 radical (unpaired) electrons. The summed E-state index contributed by atoms with van der Waals surface area (Å²) in [5.41, 5.74) is 0.785. The summed E-state index contributed by atoms with van der Waals surface area (Å²) in [7, 11) is -2.16. The Hall–Kier alpha value is -2.45. The number of aromatic nitrogens is 1. The summed E-state index contributed by atoms with van der Waals surface area (Å²) in [5, 5.41) is 2.62. The van der Waals surface area contributed by atoms with Crippen molar-refractivity contribution in [2.45, 2.75) is 18.2 Å². The number of ether oxygens (including phenoxy) is 1. The van der Waals surface area contributed by atoms with Gasteiger partial charge in [-0.3, -0.25) is 4.79 Å². The maximum Gasteiger partial charge on any atom is 0.240 e. The highest BCUT2D eigenvalue weighted by atomic mass is 32.2. The second-order valence-corrected chi connectivity index (χ2v) is 6.80. The summed E-state index contributed by atoms with van der Waals surface area (Å²) in [6, 6.07) is 11.3. The molecular weight excluding hydrogens is 330 g/mol. The molecule has 0 bridgehead atoms. The molecule has 0 atom stereocenters. The van der Waals surface area contributed by atoms with Gasteiger partial charge in [-0.1, -0.05) is 6.07 Å². The van der Waals surface area contributed by atoms with Crippen LogP contribution in [0.25, 0.3) is 0 Å². The van der Waals surface area contributed by atoms with Crippen molar-refractivity contribution in [1.29, 1.82) is 0 Å². The molecule has 2 N–H and O–H groups in total. The highest BCUT2D eigenvalue weighted by Gasteiger charge is 2.14. The Bertz CT molecular complexity index is 804. The van der Waals surface area contributed by atoms with Crippen LogP contribution in [-0.4, -0.2) is 33.0 Å². The van der Waals surface area contributed by atoms with Crippen LogP contribution in [0.5, 0.6) is 5.75 Å². The van der Waals surface area contributed by atoms with E-state index in [2.05, 4.69) is 15.0 Å². The molecule has 0 fully saturated rings. The summed E-state index contributed by atoms with van der Waals surface area (Å²) in [6.07, 6.45) is 0.00497. The van der Waals surface area contributed by atoms with Gasteiger partial charge in [0.25, 0.3) is 0 Å². The lowest BCUT2D eigenvalue weighted by molar-refractivity contribution is -0.116. The summed E-state index contributed by atoms with van der Waals surface area (Å²) in [4.78, 5) is 16.1. The van der Waals surface area contributed by atoms with E-state index in [0.717, 1.165) is 5.69 Å². The molecule has 0 saturated carbocycles. The topological polar surface area (TPSA) is 97.4 Å². The van der Waals surface area contributed by atoms with E-state index in [4.69, 9.17) is 4.74 Å². The third kappa shape index (κ3) is 5.04. The Kier molecular flexibility index (Phi) is 5.88. The minimum absolute atomic E-state index is 0.00497. The zero-order chi connectivity index (χ0) is 17.6. The number of aryl methyl sites for hydroxylation is 1. The number of nitrogens with one attached hydrogen (secondary N) is 2. The first-order chi connectivity index (χ1) is 11.4. The average Bonchev–Trinajstić information content (AvgIpc) is 2.54. The summed E-state index contributed by atoms with van der Waals surface area (Å²) in [6.45, 7) is 1.81. The fourth-order valence-corrected chi connectivity index (χ4v) is 2.99. The van der Waals surface area contributed by atoms with Crippen molar-refractivity contribution in [3.8, 4) is 5.75 Å². The van der Waals surface area contributed by atoms with Gasteiger partial charge in [-0.15, -0.1) is 0 Å². The Balaban J connectivity index is 1.86. The van der Waals surface area contributed by atoms with E-state index >= 15 is 0 Å². The van der Waals surface area contributed by atoms with Crippen LogP contribution in [0, 0.1) is 6.92 Å². The summed E-state index contributed by atoms with van der Waals surface area (Å²) < 4.78 is 31.6. The van der Waals surface area contributed by atoms with E-state index in [1.54, 1.807) is 24.3 Å². The number of carbonyl (C=O) groups is 1. The largest absolute Gasteiger partial charge is 0.497 e. The monoisotopic (exact) mass is 349 g/mol. The lowest BCUT2D eigenvalue weighted by atomic mass is 10.3. The third-order valence-electron chi connectivity index (χ3n) is 3.17. The van der Waals surface area contributed by atoms with E-state index in [1.165, 1.54) is 19.2 Å². The zero-order valence-electron chi connectivity index (χ0n) is 13.4. The molecule has 8 heteroatoms. The van der Waals surface area contributed by atoms with Crippen molar-refractivity contribution in [3.05, 3.63) is 48.2 Å². The van der Waals surface area contributed by atoms with Gasteiger partial charge in [-0.05, 0) is 43.3 Å². The molecule has 2 rings (SSSR count). The maximum absolute atomic E-state index is 12.1. The van der Waals surface area contributed by atoms with Crippen LogP contribution in [0.2, 0.25) is 0 Å². The van der Waals surface area contributed by atoms with Gasteiger partial charge in [0.05, 0.1) is 12.0 Å². The van der Waals surface area contributed by atoms with E-state index in [9.17, 15) is 13.2 Å². The van der Waals surface area contributed by atoms with Gasteiger partial charge in [0.15, 0.2) is 0 Å². The molecule has 1 aromatic heterocycles. The standard InChI is InChI=1S/C16H19N3O4S/c1-12-4-3-5-15(18-12)19-16(20)10-11-17-24(21,22)14-8-6-13(23-2)7-9-14/h3-9,17H,10-11H2,1-2H3,(H,18,19,20). The van der Waals surface area contributed by atoms with Crippen LogP contribution in [0.1, 0.15) is 12.1 Å². The molecule has 1 aromatic carbocycles. The van der Waals surface area contributed by atoms with Crippen molar-refractivity contribution in [1.82, 2.24) is 9.71 Å². The number of pyridine rings is 1. The van der Waals surface area contributed by atoms with Crippen molar-refractivity contribution in [3.63, 3.8) is 0 Å². The molecule has 0 aliphatic rings.